The zero-order valence-corrected chi connectivity index (χ0v) is 18.1. The van der Waals surface area contributed by atoms with Gasteiger partial charge in [0.05, 0.1) is 0 Å². The van der Waals surface area contributed by atoms with Gasteiger partial charge in [0, 0.05) is 58.7 Å². The van der Waals surface area contributed by atoms with E-state index >= 15 is 0 Å². The molecule has 0 aliphatic carbocycles. The molecule has 6 nitrogen and oxygen atoms in total. The van der Waals surface area contributed by atoms with Crippen molar-refractivity contribution in [2.24, 2.45) is 16.8 Å². The highest BCUT2D eigenvalue weighted by Crippen LogP contribution is 2.23. The molecule has 2 unspecified atom stereocenters. The van der Waals surface area contributed by atoms with Gasteiger partial charge in [-0.3, -0.25) is 14.6 Å². The van der Waals surface area contributed by atoms with E-state index in [1.807, 2.05) is 30.2 Å². The van der Waals surface area contributed by atoms with E-state index in [1.54, 1.807) is 0 Å². The van der Waals surface area contributed by atoms with Gasteiger partial charge >= 0.3 is 0 Å². The van der Waals surface area contributed by atoms with Crippen LogP contribution in [0.4, 0.5) is 0 Å². The molecule has 0 bridgehead atoms. The highest BCUT2D eigenvalue weighted by atomic mass is 15.3. The third-order valence-corrected chi connectivity index (χ3v) is 5.54. The number of nitrogens with zero attached hydrogens (tertiary/aromatic N) is 4. The molecule has 0 spiro atoms. The largest absolute Gasteiger partial charge is 0.356 e. The monoisotopic (exact) mass is 396 g/mol. The van der Waals surface area contributed by atoms with Crippen LogP contribution in [0.2, 0.25) is 0 Å². The number of benzene rings is 1. The van der Waals surface area contributed by atoms with Gasteiger partial charge in [0.1, 0.15) is 0 Å². The van der Waals surface area contributed by atoms with E-state index in [2.05, 4.69) is 63.7 Å². The Morgan fingerprint density at radius 3 is 2.55 bits per heavy atom. The molecule has 1 fully saturated rings. The number of piperidine rings is 1. The molecular weight excluding hydrogens is 360 g/mol. The van der Waals surface area contributed by atoms with Crippen LogP contribution in [0.1, 0.15) is 37.8 Å². The number of aliphatic imine (C=N–C) groups is 1. The standard InChI is InChI=1S/C23H36N6/c1-19-14-20(2)17-28(16-19)18-22-9-5-4-8-21(22)15-26-23(24-3)25-10-6-12-29-13-7-11-27-29/h4-5,7-9,11,13,19-20H,6,10,12,14-18H2,1-3H3,(H2,24,25,26). The van der Waals surface area contributed by atoms with Gasteiger partial charge in [-0.2, -0.15) is 5.10 Å². The maximum Gasteiger partial charge on any atom is 0.191 e. The van der Waals surface area contributed by atoms with Gasteiger partial charge < -0.3 is 10.6 Å². The van der Waals surface area contributed by atoms with Crippen molar-refractivity contribution in [3.8, 4) is 0 Å². The minimum absolute atomic E-state index is 0.786. The normalized spacial score (nSPS) is 20.6. The smallest absolute Gasteiger partial charge is 0.191 e. The molecule has 1 aliphatic rings. The number of rotatable bonds is 8. The van der Waals surface area contributed by atoms with Crippen molar-refractivity contribution < 1.29 is 0 Å². The van der Waals surface area contributed by atoms with Crippen molar-refractivity contribution in [2.75, 3.05) is 26.7 Å². The second kappa shape index (κ2) is 11.0. The van der Waals surface area contributed by atoms with Crippen molar-refractivity contribution in [3.05, 3.63) is 53.9 Å². The van der Waals surface area contributed by atoms with Crippen LogP contribution in [-0.4, -0.2) is 47.3 Å². The van der Waals surface area contributed by atoms with Gasteiger partial charge in [0.2, 0.25) is 0 Å². The second-order valence-electron chi connectivity index (χ2n) is 8.38. The van der Waals surface area contributed by atoms with Crippen LogP contribution in [0.5, 0.6) is 0 Å². The quantitative estimate of drug-likeness (QED) is 0.409. The number of guanidine groups is 1. The summed E-state index contributed by atoms with van der Waals surface area (Å²) >= 11 is 0. The Morgan fingerprint density at radius 2 is 1.86 bits per heavy atom. The maximum absolute atomic E-state index is 4.36. The number of hydrogen-bond acceptors (Lipinski definition) is 3. The first-order chi connectivity index (χ1) is 14.1. The molecule has 2 N–H and O–H groups in total. The van der Waals surface area contributed by atoms with Crippen LogP contribution in [-0.2, 0) is 19.6 Å². The van der Waals surface area contributed by atoms with Crippen LogP contribution in [0.3, 0.4) is 0 Å². The van der Waals surface area contributed by atoms with Crippen LogP contribution in [0.15, 0.2) is 47.7 Å². The summed E-state index contributed by atoms with van der Waals surface area (Å²) in [5, 5.41) is 11.1. The second-order valence-corrected chi connectivity index (χ2v) is 8.38. The molecule has 158 valence electrons. The average Bonchev–Trinajstić information content (AvgIpc) is 3.21. The Morgan fingerprint density at radius 1 is 1.10 bits per heavy atom. The first kappa shape index (κ1) is 21.4. The third kappa shape index (κ3) is 6.89. The summed E-state index contributed by atoms with van der Waals surface area (Å²) in [4.78, 5) is 6.98. The number of aromatic nitrogens is 2. The van der Waals surface area contributed by atoms with Crippen LogP contribution >= 0.6 is 0 Å². The molecule has 29 heavy (non-hydrogen) atoms. The Hall–Kier alpha value is -2.34. The zero-order chi connectivity index (χ0) is 20.5. The first-order valence-electron chi connectivity index (χ1n) is 10.8. The van der Waals surface area contributed by atoms with E-state index in [-0.39, 0.29) is 0 Å². The minimum atomic E-state index is 0.786. The Bertz CT molecular complexity index is 744. The van der Waals surface area contributed by atoms with Gasteiger partial charge in [0.25, 0.3) is 0 Å². The highest BCUT2D eigenvalue weighted by molar-refractivity contribution is 5.79. The van der Waals surface area contributed by atoms with Crippen LogP contribution in [0.25, 0.3) is 0 Å². The lowest BCUT2D eigenvalue weighted by Crippen LogP contribution is -2.39. The van der Waals surface area contributed by atoms with Gasteiger partial charge in [-0.1, -0.05) is 38.1 Å². The molecule has 0 amide bonds. The highest BCUT2D eigenvalue weighted by Gasteiger charge is 2.22. The number of nitrogens with one attached hydrogen (secondary N) is 2. The molecule has 1 aliphatic heterocycles. The summed E-state index contributed by atoms with van der Waals surface area (Å²) in [6.07, 6.45) is 6.16. The van der Waals surface area contributed by atoms with Crippen molar-refractivity contribution >= 4 is 5.96 Å². The number of aryl methyl sites for hydroxylation is 1. The lowest BCUT2D eigenvalue weighted by atomic mass is 9.91. The minimum Gasteiger partial charge on any atom is -0.356 e. The topological polar surface area (TPSA) is 57.5 Å². The first-order valence-corrected chi connectivity index (χ1v) is 10.8. The molecule has 2 aromatic rings. The molecule has 1 aromatic carbocycles. The summed E-state index contributed by atoms with van der Waals surface area (Å²) < 4.78 is 1.95. The van der Waals surface area contributed by atoms with Crippen molar-refractivity contribution in [2.45, 2.75) is 46.3 Å². The molecule has 1 saturated heterocycles. The van der Waals surface area contributed by atoms with Gasteiger partial charge in [-0.25, -0.2) is 0 Å². The molecule has 2 atom stereocenters. The summed E-state index contributed by atoms with van der Waals surface area (Å²) in [6, 6.07) is 10.7. The van der Waals surface area contributed by atoms with E-state index in [0.29, 0.717) is 0 Å². The fourth-order valence-corrected chi connectivity index (χ4v) is 4.33. The van der Waals surface area contributed by atoms with Crippen LogP contribution in [0, 0.1) is 11.8 Å². The summed E-state index contributed by atoms with van der Waals surface area (Å²) in [6.45, 7) is 10.7. The van der Waals surface area contributed by atoms with Gasteiger partial charge in [0.15, 0.2) is 5.96 Å². The molecule has 1 aromatic heterocycles. The zero-order valence-electron chi connectivity index (χ0n) is 18.1. The fraction of sp³-hybridized carbons (Fsp3) is 0.565. The average molecular weight is 397 g/mol. The predicted octanol–water partition coefficient (Wildman–Crippen LogP) is 3.12. The summed E-state index contributed by atoms with van der Waals surface area (Å²) in [7, 11) is 1.82. The molecule has 6 heteroatoms. The number of likely N-dealkylation sites (tertiary alicyclic amines) is 1. The summed E-state index contributed by atoms with van der Waals surface area (Å²) in [5.41, 5.74) is 2.76. The maximum atomic E-state index is 4.36. The van der Waals surface area contributed by atoms with Gasteiger partial charge in [-0.05, 0) is 41.9 Å². The van der Waals surface area contributed by atoms with Crippen molar-refractivity contribution in [3.63, 3.8) is 0 Å². The molecular formula is C23H36N6. The van der Waals surface area contributed by atoms with E-state index in [9.17, 15) is 0 Å². The van der Waals surface area contributed by atoms with E-state index < -0.39 is 0 Å². The Labute approximate surface area is 175 Å². The third-order valence-electron chi connectivity index (χ3n) is 5.54. The lowest BCUT2D eigenvalue weighted by Gasteiger charge is -2.35. The Balaban J connectivity index is 1.47. The molecule has 3 rings (SSSR count). The van der Waals surface area contributed by atoms with E-state index in [0.717, 1.165) is 50.4 Å². The molecule has 2 heterocycles. The fourth-order valence-electron chi connectivity index (χ4n) is 4.33. The predicted molar refractivity (Wildman–Crippen MR) is 120 cm³/mol. The number of hydrogen-bond donors (Lipinski definition) is 2. The van der Waals surface area contributed by atoms with Crippen molar-refractivity contribution in [1.82, 2.24) is 25.3 Å². The van der Waals surface area contributed by atoms with E-state index in [4.69, 9.17) is 0 Å². The molecule has 0 saturated carbocycles. The molecule has 0 radical (unpaired) electrons. The van der Waals surface area contributed by atoms with Crippen molar-refractivity contribution in [1.29, 1.82) is 0 Å². The Kier molecular flexibility index (Phi) is 8.11. The lowest BCUT2D eigenvalue weighted by molar-refractivity contribution is 0.134. The van der Waals surface area contributed by atoms with E-state index in [1.165, 1.54) is 30.6 Å². The van der Waals surface area contributed by atoms with Crippen LogP contribution < -0.4 is 10.6 Å². The SMILES string of the molecule is CN=C(NCCCn1cccn1)NCc1ccccc1CN1CC(C)CC(C)C1. The van der Waals surface area contributed by atoms with Gasteiger partial charge in [-0.15, -0.1) is 0 Å². The summed E-state index contributed by atoms with van der Waals surface area (Å²) in [5.74, 6) is 2.42.